The van der Waals surface area contributed by atoms with Gasteiger partial charge in [0.1, 0.15) is 0 Å². The van der Waals surface area contributed by atoms with E-state index in [1.54, 1.807) is 0 Å². The Kier molecular flexibility index (Phi) is 11.3. The maximum absolute atomic E-state index is 11.3. The standard InChI is InChI=1S/C13H28N4O/c1-3-5-6-7-10-16-13(14)17-11-8-12(18)15-9-4-2/h3-11H2,1-2H3,(H,15,18)(H3,14,16,17). The number of hydrogen-bond donors (Lipinski definition) is 3. The third-order valence-corrected chi connectivity index (χ3v) is 2.52. The molecular weight excluding hydrogens is 228 g/mol. The van der Waals surface area contributed by atoms with Gasteiger partial charge in [-0.3, -0.25) is 9.79 Å². The van der Waals surface area contributed by atoms with E-state index < -0.39 is 0 Å². The van der Waals surface area contributed by atoms with Crippen LogP contribution in [-0.2, 0) is 4.79 Å². The van der Waals surface area contributed by atoms with Gasteiger partial charge in [-0.1, -0.05) is 33.1 Å². The lowest BCUT2D eigenvalue weighted by atomic mass is 10.2. The Morgan fingerprint density at radius 1 is 1.06 bits per heavy atom. The average molecular weight is 256 g/mol. The molecule has 0 atom stereocenters. The smallest absolute Gasteiger partial charge is 0.221 e. The summed E-state index contributed by atoms with van der Waals surface area (Å²) in [5, 5.41) is 5.76. The van der Waals surface area contributed by atoms with Gasteiger partial charge in [-0.15, -0.1) is 0 Å². The van der Waals surface area contributed by atoms with Crippen LogP contribution < -0.4 is 16.4 Å². The van der Waals surface area contributed by atoms with Gasteiger partial charge in [0.15, 0.2) is 5.96 Å². The molecule has 5 heteroatoms. The molecule has 0 rings (SSSR count). The number of unbranched alkanes of at least 4 members (excludes halogenated alkanes) is 3. The first-order chi connectivity index (χ1) is 8.70. The van der Waals surface area contributed by atoms with E-state index in [1.165, 1.54) is 19.3 Å². The summed E-state index contributed by atoms with van der Waals surface area (Å²) in [6, 6.07) is 0. The predicted molar refractivity (Wildman–Crippen MR) is 76.6 cm³/mol. The molecule has 1 amide bonds. The first-order valence-corrected chi connectivity index (χ1v) is 7.01. The molecule has 0 saturated carbocycles. The second kappa shape index (κ2) is 12.2. The molecule has 5 nitrogen and oxygen atoms in total. The molecule has 0 unspecified atom stereocenters. The molecular formula is C13H28N4O. The monoisotopic (exact) mass is 256 g/mol. The lowest BCUT2D eigenvalue weighted by Crippen LogP contribution is -2.35. The van der Waals surface area contributed by atoms with Crippen molar-refractivity contribution in [2.75, 3.05) is 19.6 Å². The fraction of sp³-hybridized carbons (Fsp3) is 0.846. The Hall–Kier alpha value is -1.26. The lowest BCUT2D eigenvalue weighted by Gasteiger charge is -2.06. The third kappa shape index (κ3) is 11.2. The normalized spacial score (nSPS) is 11.3. The third-order valence-electron chi connectivity index (χ3n) is 2.52. The summed E-state index contributed by atoms with van der Waals surface area (Å²) >= 11 is 0. The Balaban J connectivity index is 3.47. The van der Waals surface area contributed by atoms with Crippen molar-refractivity contribution in [1.29, 1.82) is 0 Å². The average Bonchev–Trinajstić information content (AvgIpc) is 2.36. The van der Waals surface area contributed by atoms with Gasteiger partial charge in [-0.05, 0) is 12.8 Å². The molecule has 106 valence electrons. The van der Waals surface area contributed by atoms with Crippen LogP contribution in [0, 0.1) is 0 Å². The predicted octanol–water partition coefficient (Wildman–Crippen LogP) is 1.39. The Morgan fingerprint density at radius 3 is 2.50 bits per heavy atom. The second-order valence-electron chi connectivity index (χ2n) is 4.35. The highest BCUT2D eigenvalue weighted by Crippen LogP contribution is 1.98. The summed E-state index contributed by atoms with van der Waals surface area (Å²) in [5.74, 6) is 0.495. The van der Waals surface area contributed by atoms with E-state index in [0.29, 0.717) is 18.9 Å². The molecule has 0 aliphatic carbocycles. The minimum absolute atomic E-state index is 0.0556. The molecule has 0 aromatic heterocycles. The zero-order chi connectivity index (χ0) is 13.6. The van der Waals surface area contributed by atoms with Gasteiger partial charge in [0.25, 0.3) is 0 Å². The molecule has 0 fully saturated rings. The van der Waals surface area contributed by atoms with Gasteiger partial charge in [0, 0.05) is 26.1 Å². The van der Waals surface area contributed by atoms with Crippen LogP contribution in [0.5, 0.6) is 0 Å². The van der Waals surface area contributed by atoms with Gasteiger partial charge in [0.2, 0.25) is 5.91 Å². The number of aliphatic imine (C=N–C) groups is 1. The summed E-state index contributed by atoms with van der Waals surface area (Å²) < 4.78 is 0. The molecule has 0 bridgehead atoms. The Labute approximate surface area is 111 Å². The number of hydrogen-bond acceptors (Lipinski definition) is 2. The number of guanidine groups is 1. The van der Waals surface area contributed by atoms with Crippen LogP contribution in [0.2, 0.25) is 0 Å². The van der Waals surface area contributed by atoms with Gasteiger partial charge in [0.05, 0.1) is 0 Å². The van der Waals surface area contributed by atoms with Gasteiger partial charge >= 0.3 is 0 Å². The maximum atomic E-state index is 11.3. The van der Waals surface area contributed by atoms with E-state index >= 15 is 0 Å². The molecule has 0 radical (unpaired) electrons. The Morgan fingerprint density at radius 2 is 1.83 bits per heavy atom. The zero-order valence-electron chi connectivity index (χ0n) is 11.8. The van der Waals surface area contributed by atoms with E-state index in [-0.39, 0.29) is 5.91 Å². The summed E-state index contributed by atoms with van der Waals surface area (Å²) in [6.07, 6.45) is 6.15. The molecule has 0 spiro atoms. The number of amides is 1. The van der Waals surface area contributed by atoms with Crippen molar-refractivity contribution in [3.8, 4) is 0 Å². The quantitative estimate of drug-likeness (QED) is 0.314. The van der Waals surface area contributed by atoms with E-state index in [1.807, 2.05) is 6.92 Å². The van der Waals surface area contributed by atoms with Crippen LogP contribution in [0.3, 0.4) is 0 Å². The van der Waals surface area contributed by atoms with Gasteiger partial charge < -0.3 is 16.4 Å². The number of carbonyl (C=O) groups excluding carboxylic acids is 1. The maximum Gasteiger partial charge on any atom is 0.221 e. The van der Waals surface area contributed by atoms with Crippen LogP contribution >= 0.6 is 0 Å². The fourth-order valence-corrected chi connectivity index (χ4v) is 1.45. The summed E-state index contributed by atoms with van der Waals surface area (Å²) in [4.78, 5) is 15.5. The largest absolute Gasteiger partial charge is 0.370 e. The van der Waals surface area contributed by atoms with Crippen LogP contribution in [0.1, 0.15) is 52.4 Å². The highest BCUT2D eigenvalue weighted by atomic mass is 16.1. The van der Waals surface area contributed by atoms with E-state index in [9.17, 15) is 4.79 Å². The van der Waals surface area contributed by atoms with Crippen LogP contribution in [0.15, 0.2) is 4.99 Å². The zero-order valence-corrected chi connectivity index (χ0v) is 11.8. The molecule has 0 saturated heterocycles. The van der Waals surface area contributed by atoms with Gasteiger partial charge in [-0.25, -0.2) is 0 Å². The van der Waals surface area contributed by atoms with Crippen molar-refractivity contribution in [3.05, 3.63) is 0 Å². The highest BCUT2D eigenvalue weighted by Gasteiger charge is 1.99. The number of carbonyl (C=O) groups is 1. The summed E-state index contributed by atoms with van der Waals surface area (Å²) in [5.41, 5.74) is 5.68. The van der Waals surface area contributed by atoms with E-state index in [0.717, 1.165) is 25.9 Å². The fourth-order valence-electron chi connectivity index (χ4n) is 1.45. The van der Waals surface area contributed by atoms with Crippen molar-refractivity contribution in [2.45, 2.75) is 52.4 Å². The minimum atomic E-state index is 0.0556. The molecule has 0 heterocycles. The van der Waals surface area contributed by atoms with Crippen molar-refractivity contribution in [1.82, 2.24) is 10.6 Å². The SMILES string of the molecule is CCCCCCN=C(N)NCCC(=O)NCCC. The first-order valence-electron chi connectivity index (χ1n) is 7.01. The van der Waals surface area contributed by atoms with Crippen LogP contribution in [0.4, 0.5) is 0 Å². The van der Waals surface area contributed by atoms with Gasteiger partial charge in [-0.2, -0.15) is 0 Å². The van der Waals surface area contributed by atoms with E-state index in [4.69, 9.17) is 5.73 Å². The topological polar surface area (TPSA) is 79.5 Å². The number of rotatable bonds is 10. The molecule has 4 N–H and O–H groups in total. The van der Waals surface area contributed by atoms with E-state index in [2.05, 4.69) is 22.5 Å². The molecule has 0 aliphatic heterocycles. The number of nitrogens with two attached hydrogens (primary N) is 1. The molecule has 0 aliphatic rings. The summed E-state index contributed by atoms with van der Waals surface area (Å²) in [6.45, 7) is 6.25. The highest BCUT2D eigenvalue weighted by molar-refractivity contribution is 5.79. The van der Waals surface area contributed by atoms with Crippen molar-refractivity contribution < 1.29 is 4.79 Å². The number of nitrogens with one attached hydrogen (secondary N) is 2. The van der Waals surface area contributed by atoms with Crippen molar-refractivity contribution in [3.63, 3.8) is 0 Å². The minimum Gasteiger partial charge on any atom is -0.370 e. The van der Waals surface area contributed by atoms with Crippen LogP contribution in [-0.4, -0.2) is 31.5 Å². The second-order valence-corrected chi connectivity index (χ2v) is 4.35. The van der Waals surface area contributed by atoms with Crippen LogP contribution in [0.25, 0.3) is 0 Å². The first kappa shape index (κ1) is 16.7. The molecule has 0 aromatic rings. The Bertz CT molecular complexity index is 241. The molecule has 18 heavy (non-hydrogen) atoms. The van der Waals surface area contributed by atoms with Crippen molar-refractivity contribution >= 4 is 11.9 Å². The number of nitrogens with zero attached hydrogens (tertiary/aromatic N) is 1. The summed E-state index contributed by atoms with van der Waals surface area (Å²) in [7, 11) is 0. The lowest BCUT2D eigenvalue weighted by molar-refractivity contribution is -0.120. The van der Waals surface area contributed by atoms with Crippen molar-refractivity contribution in [2.24, 2.45) is 10.7 Å². The molecule has 0 aromatic carbocycles.